The van der Waals surface area contributed by atoms with Crippen molar-refractivity contribution >= 4 is 0 Å². The maximum absolute atomic E-state index is 10.9. The van der Waals surface area contributed by atoms with Gasteiger partial charge in [-0.1, -0.05) is 67.1 Å². The molecule has 0 radical (unpaired) electrons. The van der Waals surface area contributed by atoms with Gasteiger partial charge in [-0.3, -0.25) is 4.90 Å². The van der Waals surface area contributed by atoms with Crippen molar-refractivity contribution in [3.8, 4) is 0 Å². The number of aliphatic hydroxyl groups excluding tert-OH is 2. The molecule has 1 fully saturated rings. The van der Waals surface area contributed by atoms with Crippen LogP contribution < -0.4 is 0 Å². The van der Waals surface area contributed by atoms with E-state index in [0.29, 0.717) is 0 Å². The molecule has 1 saturated heterocycles. The summed E-state index contributed by atoms with van der Waals surface area (Å²) in [6.45, 7) is 1.94. The summed E-state index contributed by atoms with van der Waals surface area (Å²) in [4.78, 5) is 2.32. The molecule has 0 saturated carbocycles. The van der Waals surface area contributed by atoms with Gasteiger partial charge >= 0.3 is 0 Å². The summed E-state index contributed by atoms with van der Waals surface area (Å²) in [5.41, 5.74) is 1.83. The number of rotatable bonds is 5. The zero-order valence-corrected chi connectivity index (χ0v) is 13.4. The second-order valence-corrected chi connectivity index (χ2v) is 6.30. The minimum Gasteiger partial charge on any atom is -0.388 e. The van der Waals surface area contributed by atoms with E-state index < -0.39 is 12.2 Å². The van der Waals surface area contributed by atoms with Crippen LogP contribution in [0.15, 0.2) is 60.7 Å². The molecule has 3 heteroatoms. The number of nitrogens with zero attached hydrogens (tertiary/aromatic N) is 1. The topological polar surface area (TPSA) is 43.7 Å². The molecule has 0 spiro atoms. The van der Waals surface area contributed by atoms with E-state index in [9.17, 15) is 10.2 Å². The summed E-state index contributed by atoms with van der Waals surface area (Å²) < 4.78 is 0. The molecule has 2 aromatic rings. The predicted molar refractivity (Wildman–Crippen MR) is 92.0 cm³/mol. The van der Waals surface area contributed by atoms with Crippen LogP contribution in [-0.2, 0) is 0 Å². The Morgan fingerprint density at radius 2 is 1.22 bits per heavy atom. The fraction of sp³-hybridized carbons (Fsp3) is 0.400. The Bertz CT molecular complexity index is 581. The van der Waals surface area contributed by atoms with Gasteiger partial charge in [-0.25, -0.2) is 0 Å². The van der Waals surface area contributed by atoms with Crippen molar-refractivity contribution in [3.05, 3.63) is 71.8 Å². The van der Waals surface area contributed by atoms with Crippen molar-refractivity contribution < 1.29 is 10.2 Å². The molecule has 3 atom stereocenters. The molecular weight excluding hydrogens is 286 g/mol. The maximum Gasteiger partial charge on any atom is 0.107 e. The van der Waals surface area contributed by atoms with Gasteiger partial charge in [0.25, 0.3) is 0 Å². The first kappa shape index (κ1) is 16.2. The highest BCUT2D eigenvalue weighted by Crippen LogP contribution is 2.33. The quantitative estimate of drug-likeness (QED) is 0.890. The van der Waals surface area contributed by atoms with E-state index in [1.165, 1.54) is 6.42 Å². The zero-order chi connectivity index (χ0) is 16.1. The average molecular weight is 311 g/mol. The van der Waals surface area contributed by atoms with Crippen LogP contribution in [0, 0.1) is 0 Å². The fourth-order valence-electron chi connectivity index (χ4n) is 3.49. The summed E-state index contributed by atoms with van der Waals surface area (Å²) in [7, 11) is 0. The SMILES string of the molecule is OC(c1ccccc1)C(O)C(c1ccccc1)N1CCCCC1. The van der Waals surface area contributed by atoms with Crippen molar-refractivity contribution in [2.24, 2.45) is 0 Å². The number of hydrogen-bond donors (Lipinski definition) is 2. The molecule has 2 N–H and O–H groups in total. The molecule has 2 aromatic carbocycles. The van der Waals surface area contributed by atoms with Gasteiger partial charge in [0.15, 0.2) is 0 Å². The third-order valence-corrected chi connectivity index (χ3v) is 4.71. The molecule has 3 nitrogen and oxygen atoms in total. The maximum atomic E-state index is 10.9. The van der Waals surface area contributed by atoms with Crippen LogP contribution in [0.1, 0.15) is 42.5 Å². The number of benzene rings is 2. The molecule has 0 amide bonds. The minimum atomic E-state index is -0.886. The molecule has 1 aliphatic rings. The van der Waals surface area contributed by atoms with E-state index in [1.807, 2.05) is 60.7 Å². The Morgan fingerprint density at radius 3 is 1.78 bits per heavy atom. The standard InChI is InChI=1S/C20H25NO2/c22-19(17-12-6-2-7-13-17)20(23)18(16-10-4-1-5-11-16)21-14-8-3-9-15-21/h1-2,4-7,10-13,18-20,22-23H,3,8-9,14-15H2. The third-order valence-electron chi connectivity index (χ3n) is 4.71. The lowest BCUT2D eigenvalue weighted by atomic mass is 9.91. The summed E-state index contributed by atoms with van der Waals surface area (Å²) in [5.74, 6) is 0. The van der Waals surface area contributed by atoms with Crippen LogP contribution in [-0.4, -0.2) is 34.3 Å². The van der Waals surface area contributed by atoms with E-state index in [2.05, 4.69) is 4.90 Å². The van der Waals surface area contributed by atoms with Gasteiger partial charge < -0.3 is 10.2 Å². The van der Waals surface area contributed by atoms with E-state index in [-0.39, 0.29) is 6.04 Å². The highest BCUT2D eigenvalue weighted by atomic mass is 16.3. The van der Waals surface area contributed by atoms with Crippen molar-refractivity contribution in [1.29, 1.82) is 0 Å². The van der Waals surface area contributed by atoms with Gasteiger partial charge in [0.1, 0.15) is 12.2 Å². The smallest absolute Gasteiger partial charge is 0.107 e. The molecular formula is C20H25NO2. The highest BCUT2D eigenvalue weighted by molar-refractivity contribution is 5.24. The monoisotopic (exact) mass is 311 g/mol. The van der Waals surface area contributed by atoms with E-state index in [4.69, 9.17) is 0 Å². The number of hydrogen-bond acceptors (Lipinski definition) is 3. The molecule has 122 valence electrons. The summed E-state index contributed by atoms with van der Waals surface area (Å²) in [5, 5.41) is 21.6. The van der Waals surface area contributed by atoms with Gasteiger partial charge in [0, 0.05) is 0 Å². The lowest BCUT2D eigenvalue weighted by Crippen LogP contribution is -2.42. The summed E-state index contributed by atoms with van der Waals surface area (Å²) in [6, 6.07) is 19.3. The van der Waals surface area contributed by atoms with E-state index in [1.54, 1.807) is 0 Å². The molecule has 0 aliphatic carbocycles. The van der Waals surface area contributed by atoms with Crippen LogP contribution in [0.5, 0.6) is 0 Å². The molecule has 1 heterocycles. The predicted octanol–water partition coefficient (Wildman–Crippen LogP) is 3.31. The molecule has 3 rings (SSSR count). The van der Waals surface area contributed by atoms with Crippen molar-refractivity contribution in [3.63, 3.8) is 0 Å². The van der Waals surface area contributed by atoms with E-state index in [0.717, 1.165) is 37.1 Å². The van der Waals surface area contributed by atoms with Crippen LogP contribution in [0.3, 0.4) is 0 Å². The van der Waals surface area contributed by atoms with E-state index >= 15 is 0 Å². The molecule has 23 heavy (non-hydrogen) atoms. The molecule has 1 aliphatic heterocycles. The van der Waals surface area contributed by atoms with Crippen LogP contribution in [0.25, 0.3) is 0 Å². The minimum absolute atomic E-state index is 0.174. The van der Waals surface area contributed by atoms with Gasteiger partial charge in [-0.05, 0) is 37.1 Å². The second kappa shape index (κ2) is 7.73. The van der Waals surface area contributed by atoms with Crippen LogP contribution in [0.2, 0.25) is 0 Å². The Labute approximate surface area is 138 Å². The Kier molecular flexibility index (Phi) is 5.44. The first-order valence-corrected chi connectivity index (χ1v) is 8.47. The number of piperidine rings is 1. The summed E-state index contributed by atoms with van der Waals surface area (Å²) in [6.07, 6.45) is 1.81. The van der Waals surface area contributed by atoms with Crippen molar-refractivity contribution in [2.45, 2.75) is 37.5 Å². The molecule has 0 aromatic heterocycles. The molecule has 3 unspecified atom stereocenters. The zero-order valence-electron chi connectivity index (χ0n) is 13.4. The first-order valence-electron chi connectivity index (χ1n) is 8.47. The van der Waals surface area contributed by atoms with Gasteiger partial charge in [-0.2, -0.15) is 0 Å². The van der Waals surface area contributed by atoms with Gasteiger partial charge in [0.2, 0.25) is 0 Å². The van der Waals surface area contributed by atoms with Crippen LogP contribution in [0.4, 0.5) is 0 Å². The second-order valence-electron chi connectivity index (χ2n) is 6.30. The molecule has 0 bridgehead atoms. The average Bonchev–Trinajstić information content (AvgIpc) is 2.64. The van der Waals surface area contributed by atoms with Crippen molar-refractivity contribution in [1.82, 2.24) is 4.90 Å². The Hall–Kier alpha value is -1.68. The highest BCUT2D eigenvalue weighted by Gasteiger charge is 2.33. The van der Waals surface area contributed by atoms with Gasteiger partial charge in [0.05, 0.1) is 6.04 Å². The first-order chi connectivity index (χ1) is 11.3. The Morgan fingerprint density at radius 1 is 0.696 bits per heavy atom. The Balaban J connectivity index is 1.87. The number of likely N-dealkylation sites (tertiary alicyclic amines) is 1. The van der Waals surface area contributed by atoms with Gasteiger partial charge in [-0.15, -0.1) is 0 Å². The largest absolute Gasteiger partial charge is 0.388 e. The van der Waals surface area contributed by atoms with Crippen molar-refractivity contribution in [2.75, 3.05) is 13.1 Å². The number of aliphatic hydroxyl groups is 2. The lowest BCUT2D eigenvalue weighted by molar-refractivity contribution is -0.0461. The summed E-state index contributed by atoms with van der Waals surface area (Å²) >= 11 is 0. The normalized spacial score (nSPS) is 19.9. The fourth-order valence-corrected chi connectivity index (χ4v) is 3.49. The third kappa shape index (κ3) is 3.81. The van der Waals surface area contributed by atoms with Crippen LogP contribution >= 0.6 is 0 Å². The lowest BCUT2D eigenvalue weighted by Gasteiger charge is -2.39.